The van der Waals surface area contributed by atoms with E-state index < -0.39 is 14.2 Å². The third-order valence-corrected chi connectivity index (χ3v) is 12.2. The number of carbonyl (C=O) groups is 2. The van der Waals surface area contributed by atoms with Crippen LogP contribution in [0.5, 0.6) is 0 Å². The SMILES string of the molecule is CC1([Si@H](CC(=O)Nc2ccc3c(c2)NC(=O)C32CCOCC2)c2ccccc2Cl)CC1. The average Bonchev–Trinajstić information content (AvgIpc) is 3.46. The number of rotatable bonds is 5. The number of carbonyl (C=O) groups excluding carboxylic acids is 2. The molecule has 5 nitrogen and oxygen atoms in total. The molecular weight excluding hydrogens is 428 g/mol. The molecule has 3 aliphatic rings. The molecule has 2 fully saturated rings. The third-order valence-electron chi connectivity index (χ3n) is 7.40. The Hall–Kier alpha value is -2.15. The maximum atomic E-state index is 13.0. The van der Waals surface area contributed by atoms with Crippen molar-refractivity contribution in [2.45, 2.75) is 49.1 Å². The van der Waals surface area contributed by atoms with Gasteiger partial charge >= 0.3 is 0 Å². The van der Waals surface area contributed by atoms with Gasteiger partial charge in [0.1, 0.15) is 0 Å². The molecule has 31 heavy (non-hydrogen) atoms. The molecule has 2 aliphatic heterocycles. The van der Waals surface area contributed by atoms with Crippen LogP contribution in [-0.4, -0.2) is 33.8 Å². The number of amides is 2. The van der Waals surface area contributed by atoms with E-state index in [2.05, 4.69) is 23.6 Å². The zero-order valence-electron chi connectivity index (χ0n) is 17.7. The van der Waals surface area contributed by atoms with Gasteiger partial charge < -0.3 is 15.4 Å². The first-order chi connectivity index (χ1) is 14.9. The lowest BCUT2D eigenvalue weighted by Crippen LogP contribution is -2.39. The first-order valence-corrected chi connectivity index (χ1v) is 13.3. The monoisotopic (exact) mass is 454 g/mol. The molecule has 1 saturated heterocycles. The highest BCUT2D eigenvalue weighted by Crippen LogP contribution is 2.56. The first kappa shape index (κ1) is 20.7. The molecule has 0 bridgehead atoms. The number of fused-ring (bicyclic) bond motifs is 2. The van der Waals surface area contributed by atoms with Gasteiger partial charge in [0.05, 0.1) is 14.2 Å². The van der Waals surface area contributed by atoms with E-state index in [1.165, 1.54) is 18.0 Å². The smallest absolute Gasteiger partial charge is 0.235 e. The van der Waals surface area contributed by atoms with Crippen molar-refractivity contribution in [2.75, 3.05) is 23.8 Å². The maximum Gasteiger partial charge on any atom is 0.235 e. The Bertz CT molecular complexity index is 1050. The second-order valence-corrected chi connectivity index (χ2v) is 13.3. The fraction of sp³-hybridized carbons (Fsp3) is 0.417. The minimum Gasteiger partial charge on any atom is -0.381 e. The van der Waals surface area contributed by atoms with Gasteiger partial charge in [-0.1, -0.05) is 42.8 Å². The summed E-state index contributed by atoms with van der Waals surface area (Å²) in [6.07, 6.45) is 3.72. The van der Waals surface area contributed by atoms with E-state index in [-0.39, 0.29) is 16.9 Å². The van der Waals surface area contributed by atoms with E-state index in [4.69, 9.17) is 16.3 Å². The van der Waals surface area contributed by atoms with Gasteiger partial charge in [-0.3, -0.25) is 9.59 Å². The van der Waals surface area contributed by atoms with Crippen molar-refractivity contribution >= 4 is 48.8 Å². The quantitative estimate of drug-likeness (QED) is 0.672. The van der Waals surface area contributed by atoms with Crippen molar-refractivity contribution in [1.29, 1.82) is 0 Å². The predicted octanol–water partition coefficient (Wildman–Crippen LogP) is 3.97. The minimum absolute atomic E-state index is 0.0229. The molecule has 0 radical (unpaired) electrons. The van der Waals surface area contributed by atoms with E-state index in [0.717, 1.165) is 22.0 Å². The van der Waals surface area contributed by atoms with Crippen molar-refractivity contribution in [2.24, 2.45) is 0 Å². The molecule has 2 aromatic rings. The van der Waals surface area contributed by atoms with Crippen LogP contribution in [0.15, 0.2) is 42.5 Å². The summed E-state index contributed by atoms with van der Waals surface area (Å²) in [6, 6.07) is 14.3. The summed E-state index contributed by atoms with van der Waals surface area (Å²) in [4.78, 5) is 25.8. The Morgan fingerprint density at radius 3 is 2.61 bits per heavy atom. The van der Waals surface area contributed by atoms with Gasteiger partial charge in [0, 0.05) is 35.7 Å². The molecule has 1 aliphatic carbocycles. The highest BCUT2D eigenvalue weighted by molar-refractivity contribution is 6.81. The lowest BCUT2D eigenvalue weighted by molar-refractivity contribution is -0.124. The van der Waals surface area contributed by atoms with E-state index in [1.54, 1.807) is 0 Å². The standard InChI is InChI=1S/C24H27ClN2O3Si/c1-23(8-9-23)31(20-5-3-2-4-18(20)25)15-21(28)26-16-6-7-17-19(14-16)27-22(29)24(17)10-12-30-13-11-24/h2-7,14,31H,8-13,15H2,1H3,(H,26,28)(H,27,29)/t31-/m1/s1. The Morgan fingerprint density at radius 2 is 1.90 bits per heavy atom. The predicted molar refractivity (Wildman–Crippen MR) is 126 cm³/mol. The highest BCUT2D eigenvalue weighted by atomic mass is 35.5. The number of hydrogen-bond donors (Lipinski definition) is 2. The van der Waals surface area contributed by atoms with E-state index in [9.17, 15) is 9.59 Å². The van der Waals surface area contributed by atoms with E-state index in [0.29, 0.717) is 32.1 Å². The largest absolute Gasteiger partial charge is 0.381 e. The van der Waals surface area contributed by atoms with Crippen molar-refractivity contribution in [3.05, 3.63) is 53.1 Å². The van der Waals surface area contributed by atoms with Gasteiger partial charge in [-0.15, -0.1) is 0 Å². The lowest BCUT2D eigenvalue weighted by atomic mass is 9.75. The van der Waals surface area contributed by atoms with Crippen molar-refractivity contribution in [3.63, 3.8) is 0 Å². The third kappa shape index (κ3) is 3.71. The second kappa shape index (κ2) is 7.76. The molecule has 2 aromatic carbocycles. The number of anilines is 2. The Kier molecular flexibility index (Phi) is 5.19. The Morgan fingerprint density at radius 1 is 1.16 bits per heavy atom. The topological polar surface area (TPSA) is 67.4 Å². The van der Waals surface area contributed by atoms with Crippen LogP contribution in [0.25, 0.3) is 0 Å². The van der Waals surface area contributed by atoms with Gasteiger partial charge in [0.25, 0.3) is 0 Å². The summed E-state index contributed by atoms with van der Waals surface area (Å²) >= 11 is 6.50. The van der Waals surface area contributed by atoms with Crippen molar-refractivity contribution < 1.29 is 14.3 Å². The second-order valence-electron chi connectivity index (χ2n) is 9.39. The molecule has 162 valence electrons. The van der Waals surface area contributed by atoms with Crippen LogP contribution in [0.1, 0.15) is 38.2 Å². The summed E-state index contributed by atoms with van der Waals surface area (Å²) in [5.41, 5.74) is 2.06. The summed E-state index contributed by atoms with van der Waals surface area (Å²) in [5.74, 6) is 0.0666. The number of ether oxygens (including phenoxy) is 1. The van der Waals surface area contributed by atoms with Crippen LogP contribution < -0.4 is 15.8 Å². The van der Waals surface area contributed by atoms with Crippen LogP contribution >= 0.6 is 11.6 Å². The summed E-state index contributed by atoms with van der Waals surface area (Å²) < 4.78 is 5.47. The zero-order chi connectivity index (χ0) is 21.6. The molecule has 0 unspecified atom stereocenters. The minimum atomic E-state index is -1.59. The maximum absolute atomic E-state index is 13.0. The molecule has 2 heterocycles. The van der Waals surface area contributed by atoms with Gasteiger partial charge in [-0.2, -0.15) is 0 Å². The summed E-state index contributed by atoms with van der Waals surface area (Å²) in [6.45, 7) is 3.48. The molecular formula is C24H27ClN2O3Si. The summed E-state index contributed by atoms with van der Waals surface area (Å²) in [7, 11) is -1.59. The zero-order valence-corrected chi connectivity index (χ0v) is 19.6. The average molecular weight is 455 g/mol. The fourth-order valence-corrected chi connectivity index (χ4v) is 9.24. The molecule has 2 N–H and O–H groups in total. The van der Waals surface area contributed by atoms with Crippen molar-refractivity contribution in [1.82, 2.24) is 0 Å². The Labute approximate surface area is 189 Å². The molecule has 5 rings (SSSR count). The van der Waals surface area contributed by atoms with Gasteiger partial charge in [-0.25, -0.2) is 0 Å². The first-order valence-electron chi connectivity index (χ1n) is 11.0. The Balaban J connectivity index is 1.34. The van der Waals surface area contributed by atoms with Gasteiger partial charge in [0.15, 0.2) is 0 Å². The number of benzene rings is 2. The number of halogens is 1. The van der Waals surface area contributed by atoms with Gasteiger partial charge in [-0.05, 0) is 59.7 Å². The van der Waals surface area contributed by atoms with E-state index >= 15 is 0 Å². The lowest BCUT2D eigenvalue weighted by Gasteiger charge is -2.31. The molecule has 1 spiro atoms. The molecule has 2 amide bonds. The molecule has 7 heteroatoms. The molecule has 1 atom stereocenters. The van der Waals surface area contributed by atoms with Crippen molar-refractivity contribution in [3.8, 4) is 0 Å². The summed E-state index contributed by atoms with van der Waals surface area (Å²) in [5, 5.41) is 8.32. The van der Waals surface area contributed by atoms with Crippen LogP contribution in [0.4, 0.5) is 11.4 Å². The van der Waals surface area contributed by atoms with Crippen LogP contribution in [0, 0.1) is 0 Å². The molecule has 1 saturated carbocycles. The molecule has 0 aromatic heterocycles. The number of nitrogens with one attached hydrogen (secondary N) is 2. The van der Waals surface area contributed by atoms with Crippen LogP contribution in [-0.2, 0) is 19.7 Å². The van der Waals surface area contributed by atoms with Crippen LogP contribution in [0.3, 0.4) is 0 Å². The van der Waals surface area contributed by atoms with Gasteiger partial charge in [0.2, 0.25) is 11.8 Å². The van der Waals surface area contributed by atoms with Crippen LogP contribution in [0.2, 0.25) is 16.1 Å². The fourth-order valence-electron chi connectivity index (χ4n) is 5.16. The van der Waals surface area contributed by atoms with E-state index in [1.807, 2.05) is 36.4 Å². The highest BCUT2D eigenvalue weighted by Gasteiger charge is 2.48. The number of hydrogen-bond acceptors (Lipinski definition) is 3. The normalized spacial score (nSPS) is 21.3.